The highest BCUT2D eigenvalue weighted by molar-refractivity contribution is 6.30. The third-order valence-corrected chi connectivity index (χ3v) is 4.54. The predicted molar refractivity (Wildman–Crippen MR) is 94.4 cm³/mol. The number of nitrogens with zero attached hydrogens (tertiary/aromatic N) is 2. The van der Waals surface area contributed by atoms with Crippen LogP contribution in [-0.4, -0.2) is 58.9 Å². The Kier molecular flexibility index (Phi) is 7.25. The molecule has 0 aliphatic carbocycles. The van der Waals surface area contributed by atoms with Crippen LogP contribution in [0.25, 0.3) is 0 Å². The van der Waals surface area contributed by atoms with Crippen molar-refractivity contribution >= 4 is 29.4 Å². The van der Waals surface area contributed by atoms with Crippen molar-refractivity contribution in [2.75, 3.05) is 26.2 Å². The molecule has 25 heavy (non-hydrogen) atoms. The summed E-state index contributed by atoms with van der Waals surface area (Å²) in [6, 6.07) is 7.23. The quantitative estimate of drug-likeness (QED) is 0.750. The molecule has 0 bridgehead atoms. The van der Waals surface area contributed by atoms with Gasteiger partial charge >= 0.3 is 5.97 Å². The van der Waals surface area contributed by atoms with E-state index >= 15 is 0 Å². The average molecular weight is 367 g/mol. The Bertz CT molecular complexity index is 610. The maximum atomic E-state index is 12.3. The molecule has 136 valence electrons. The molecule has 0 atom stereocenters. The Morgan fingerprint density at radius 1 is 0.880 bits per heavy atom. The fraction of sp³-hybridized carbons (Fsp3) is 0.500. The van der Waals surface area contributed by atoms with Crippen LogP contribution in [0.2, 0.25) is 5.02 Å². The standard InChI is InChI=1S/C18H23ClN2O4/c19-15-7-5-14(6-8-15)13-17(23)21-11-9-20(10-12-21)16(22)3-1-2-4-18(24)25/h5-8H,1-4,9-13H2,(H,24,25). The molecule has 2 rings (SSSR count). The minimum Gasteiger partial charge on any atom is -0.481 e. The van der Waals surface area contributed by atoms with Crippen LogP contribution in [0, 0.1) is 0 Å². The van der Waals surface area contributed by atoms with Gasteiger partial charge in [0.1, 0.15) is 0 Å². The third kappa shape index (κ3) is 6.38. The summed E-state index contributed by atoms with van der Waals surface area (Å²) < 4.78 is 0. The smallest absolute Gasteiger partial charge is 0.303 e. The van der Waals surface area contributed by atoms with E-state index in [-0.39, 0.29) is 18.2 Å². The first kappa shape index (κ1) is 19.2. The van der Waals surface area contributed by atoms with E-state index in [0.29, 0.717) is 56.9 Å². The van der Waals surface area contributed by atoms with E-state index in [1.807, 2.05) is 12.1 Å². The Morgan fingerprint density at radius 3 is 1.96 bits per heavy atom. The van der Waals surface area contributed by atoms with Gasteiger partial charge in [-0.1, -0.05) is 23.7 Å². The average Bonchev–Trinajstić information content (AvgIpc) is 2.60. The van der Waals surface area contributed by atoms with Crippen molar-refractivity contribution in [2.24, 2.45) is 0 Å². The van der Waals surface area contributed by atoms with E-state index in [2.05, 4.69) is 0 Å². The van der Waals surface area contributed by atoms with Crippen LogP contribution in [0.15, 0.2) is 24.3 Å². The van der Waals surface area contributed by atoms with Crippen LogP contribution in [0.5, 0.6) is 0 Å². The lowest BCUT2D eigenvalue weighted by Crippen LogP contribution is -2.50. The van der Waals surface area contributed by atoms with Gasteiger partial charge in [0.15, 0.2) is 0 Å². The SMILES string of the molecule is O=C(O)CCCCC(=O)N1CCN(C(=O)Cc2ccc(Cl)cc2)CC1. The van der Waals surface area contributed by atoms with Crippen molar-refractivity contribution in [1.29, 1.82) is 0 Å². The second kappa shape index (κ2) is 9.42. The van der Waals surface area contributed by atoms with E-state index in [4.69, 9.17) is 16.7 Å². The number of hydrogen-bond acceptors (Lipinski definition) is 3. The van der Waals surface area contributed by atoms with E-state index in [9.17, 15) is 14.4 Å². The maximum absolute atomic E-state index is 12.3. The molecule has 0 aromatic heterocycles. The number of aliphatic carboxylic acids is 1. The molecule has 1 saturated heterocycles. The molecule has 6 nitrogen and oxygen atoms in total. The van der Waals surface area contributed by atoms with E-state index in [0.717, 1.165) is 5.56 Å². The highest BCUT2D eigenvalue weighted by atomic mass is 35.5. The highest BCUT2D eigenvalue weighted by Gasteiger charge is 2.23. The van der Waals surface area contributed by atoms with Gasteiger partial charge in [-0.15, -0.1) is 0 Å². The largest absolute Gasteiger partial charge is 0.481 e. The number of halogens is 1. The number of benzene rings is 1. The molecule has 1 heterocycles. The zero-order chi connectivity index (χ0) is 18.2. The highest BCUT2D eigenvalue weighted by Crippen LogP contribution is 2.12. The number of carbonyl (C=O) groups excluding carboxylic acids is 2. The molecular weight excluding hydrogens is 344 g/mol. The molecule has 1 aromatic carbocycles. The molecule has 1 N–H and O–H groups in total. The van der Waals surface area contributed by atoms with Crippen LogP contribution in [0.4, 0.5) is 0 Å². The first-order valence-electron chi connectivity index (χ1n) is 8.47. The second-order valence-electron chi connectivity index (χ2n) is 6.17. The Morgan fingerprint density at radius 2 is 1.40 bits per heavy atom. The van der Waals surface area contributed by atoms with Crippen molar-refractivity contribution in [3.63, 3.8) is 0 Å². The van der Waals surface area contributed by atoms with Crippen LogP contribution in [0.1, 0.15) is 31.2 Å². The third-order valence-electron chi connectivity index (χ3n) is 4.28. The molecule has 2 amide bonds. The summed E-state index contributed by atoms with van der Waals surface area (Å²) in [5, 5.41) is 9.23. The first-order valence-corrected chi connectivity index (χ1v) is 8.85. The molecule has 1 aliphatic heterocycles. The van der Waals surface area contributed by atoms with Gasteiger partial charge in [0, 0.05) is 44.0 Å². The zero-order valence-corrected chi connectivity index (χ0v) is 14.9. The summed E-state index contributed by atoms with van der Waals surface area (Å²) in [4.78, 5) is 38.4. The van der Waals surface area contributed by atoms with Gasteiger partial charge in [-0.3, -0.25) is 14.4 Å². The van der Waals surface area contributed by atoms with Crippen LogP contribution in [0.3, 0.4) is 0 Å². The minimum absolute atomic E-state index is 0.0372. The number of rotatable bonds is 7. The summed E-state index contributed by atoms with van der Waals surface area (Å²) in [5.74, 6) is -0.744. The number of hydrogen-bond donors (Lipinski definition) is 1. The van der Waals surface area contributed by atoms with Crippen LogP contribution >= 0.6 is 11.6 Å². The molecule has 1 aliphatic rings. The lowest BCUT2D eigenvalue weighted by Gasteiger charge is -2.35. The van der Waals surface area contributed by atoms with Crippen molar-refractivity contribution in [3.8, 4) is 0 Å². The van der Waals surface area contributed by atoms with E-state index < -0.39 is 5.97 Å². The summed E-state index contributed by atoms with van der Waals surface area (Å²) >= 11 is 5.84. The van der Waals surface area contributed by atoms with Crippen molar-refractivity contribution < 1.29 is 19.5 Å². The van der Waals surface area contributed by atoms with E-state index in [1.54, 1.807) is 21.9 Å². The van der Waals surface area contributed by atoms with E-state index in [1.165, 1.54) is 0 Å². The summed E-state index contributed by atoms with van der Waals surface area (Å²) in [7, 11) is 0. The number of piperazine rings is 1. The predicted octanol–water partition coefficient (Wildman–Crippen LogP) is 2.20. The summed E-state index contributed by atoms with van der Waals surface area (Å²) in [5.41, 5.74) is 0.923. The number of carboxylic acids is 1. The molecular formula is C18H23ClN2O4. The zero-order valence-electron chi connectivity index (χ0n) is 14.1. The topological polar surface area (TPSA) is 77.9 Å². The van der Waals surface area contributed by atoms with Crippen LogP contribution in [-0.2, 0) is 20.8 Å². The molecule has 0 spiro atoms. The molecule has 0 unspecified atom stereocenters. The lowest BCUT2D eigenvalue weighted by molar-refractivity contribution is -0.139. The maximum Gasteiger partial charge on any atom is 0.303 e. The first-order chi connectivity index (χ1) is 12.0. The fourth-order valence-electron chi connectivity index (χ4n) is 2.80. The molecule has 0 radical (unpaired) electrons. The normalized spacial score (nSPS) is 14.4. The minimum atomic E-state index is -0.833. The Labute approximate surface area is 152 Å². The number of unbranched alkanes of at least 4 members (excludes halogenated alkanes) is 1. The Hall–Kier alpha value is -2.08. The fourth-order valence-corrected chi connectivity index (χ4v) is 2.93. The molecule has 0 saturated carbocycles. The van der Waals surface area contributed by atoms with Gasteiger partial charge in [-0.05, 0) is 30.5 Å². The second-order valence-corrected chi connectivity index (χ2v) is 6.60. The van der Waals surface area contributed by atoms with Gasteiger partial charge in [0.2, 0.25) is 11.8 Å². The van der Waals surface area contributed by atoms with Crippen molar-refractivity contribution in [3.05, 3.63) is 34.9 Å². The van der Waals surface area contributed by atoms with Gasteiger partial charge < -0.3 is 14.9 Å². The Balaban J connectivity index is 1.71. The van der Waals surface area contributed by atoms with Gasteiger partial charge in [0.05, 0.1) is 6.42 Å². The lowest BCUT2D eigenvalue weighted by atomic mass is 10.1. The monoisotopic (exact) mass is 366 g/mol. The van der Waals surface area contributed by atoms with Crippen LogP contribution < -0.4 is 0 Å². The van der Waals surface area contributed by atoms with Gasteiger partial charge in [-0.2, -0.15) is 0 Å². The number of carboxylic acid groups (broad SMARTS) is 1. The van der Waals surface area contributed by atoms with Gasteiger partial charge in [0.25, 0.3) is 0 Å². The van der Waals surface area contributed by atoms with Crippen molar-refractivity contribution in [1.82, 2.24) is 9.80 Å². The summed E-state index contributed by atoms with van der Waals surface area (Å²) in [6.45, 7) is 2.13. The molecule has 7 heteroatoms. The molecule has 1 fully saturated rings. The van der Waals surface area contributed by atoms with Crippen molar-refractivity contribution in [2.45, 2.75) is 32.1 Å². The number of carbonyl (C=O) groups is 3. The van der Waals surface area contributed by atoms with Gasteiger partial charge in [-0.25, -0.2) is 0 Å². The summed E-state index contributed by atoms with van der Waals surface area (Å²) in [6.07, 6.45) is 1.90. The molecule has 1 aromatic rings. The number of amides is 2.